The van der Waals surface area contributed by atoms with E-state index in [1.54, 1.807) is 0 Å². The van der Waals surface area contributed by atoms with Crippen LogP contribution < -0.4 is 0 Å². The summed E-state index contributed by atoms with van der Waals surface area (Å²) in [7, 11) is 0. The number of aliphatic imine (C=N–C) groups is 1. The van der Waals surface area contributed by atoms with E-state index >= 15 is 0 Å². The van der Waals surface area contributed by atoms with Gasteiger partial charge in [-0.3, -0.25) is 4.99 Å². The minimum Gasteiger partial charge on any atom is -0.358 e. The van der Waals surface area contributed by atoms with E-state index in [2.05, 4.69) is 9.89 Å². The lowest BCUT2D eigenvalue weighted by Gasteiger charge is -2.14. The molecule has 1 aromatic rings. The molecule has 1 unspecified atom stereocenters. The van der Waals surface area contributed by atoms with Crippen molar-refractivity contribution in [2.45, 2.75) is 12.8 Å². The van der Waals surface area contributed by atoms with Gasteiger partial charge >= 0.3 is 0 Å². The highest BCUT2D eigenvalue weighted by molar-refractivity contribution is 6.36. The van der Waals surface area contributed by atoms with E-state index in [1.165, 1.54) is 5.84 Å². The molecule has 2 aliphatic rings. The van der Waals surface area contributed by atoms with Crippen molar-refractivity contribution < 1.29 is 0 Å². The zero-order chi connectivity index (χ0) is 11.8. The second-order valence-electron chi connectivity index (χ2n) is 4.72. The molecule has 0 aliphatic carbocycles. The fourth-order valence-corrected chi connectivity index (χ4v) is 3.26. The maximum Gasteiger partial charge on any atom is 0.0994 e. The summed E-state index contributed by atoms with van der Waals surface area (Å²) in [5, 5.41) is 1.57. The molecular weight excluding hydrogens is 255 g/mol. The number of fused-ring (bicyclic) bond motifs is 1. The van der Waals surface area contributed by atoms with E-state index in [9.17, 15) is 0 Å². The molecule has 1 saturated heterocycles. The van der Waals surface area contributed by atoms with Gasteiger partial charge in [0.2, 0.25) is 0 Å². The van der Waals surface area contributed by atoms with Crippen molar-refractivity contribution in [1.29, 1.82) is 0 Å². The smallest absolute Gasteiger partial charge is 0.0994 e. The van der Waals surface area contributed by atoms with Crippen LogP contribution in [-0.2, 0) is 6.42 Å². The highest BCUT2D eigenvalue weighted by Gasteiger charge is 2.30. The summed E-state index contributed by atoms with van der Waals surface area (Å²) in [6.07, 6.45) is 2.02. The van der Waals surface area contributed by atoms with E-state index in [4.69, 9.17) is 23.2 Å². The van der Waals surface area contributed by atoms with Gasteiger partial charge in [0.05, 0.1) is 12.4 Å². The van der Waals surface area contributed by atoms with Crippen LogP contribution in [0.4, 0.5) is 0 Å². The highest BCUT2D eigenvalue weighted by Crippen LogP contribution is 2.31. The van der Waals surface area contributed by atoms with Crippen LogP contribution in [-0.4, -0.2) is 30.4 Å². The van der Waals surface area contributed by atoms with Crippen molar-refractivity contribution in [2.75, 3.05) is 19.6 Å². The molecule has 1 aromatic carbocycles. The molecule has 0 N–H and O–H groups in total. The lowest BCUT2D eigenvalue weighted by molar-refractivity contribution is 0.420. The molecule has 1 fully saturated rings. The van der Waals surface area contributed by atoms with Gasteiger partial charge in [0.15, 0.2) is 0 Å². The Morgan fingerprint density at radius 2 is 2.06 bits per heavy atom. The molecule has 2 nitrogen and oxygen atoms in total. The molecule has 2 heterocycles. The first-order chi connectivity index (χ1) is 8.24. The fraction of sp³-hybridized carbons (Fsp3) is 0.462. The molecule has 2 aliphatic heterocycles. The fourth-order valence-electron chi connectivity index (χ4n) is 2.71. The molecular formula is C13H14Cl2N2. The summed E-state index contributed by atoms with van der Waals surface area (Å²) < 4.78 is 0. The summed E-state index contributed by atoms with van der Waals surface area (Å²) in [5.74, 6) is 1.88. The van der Waals surface area contributed by atoms with Gasteiger partial charge in [0.25, 0.3) is 0 Å². The van der Waals surface area contributed by atoms with Crippen molar-refractivity contribution in [1.82, 2.24) is 4.90 Å². The van der Waals surface area contributed by atoms with Crippen LogP contribution in [0.15, 0.2) is 23.2 Å². The summed E-state index contributed by atoms with van der Waals surface area (Å²) in [6.45, 7) is 3.15. The van der Waals surface area contributed by atoms with Crippen LogP contribution in [0.1, 0.15) is 12.0 Å². The average Bonchev–Trinajstić information content (AvgIpc) is 2.83. The van der Waals surface area contributed by atoms with Gasteiger partial charge in [-0.1, -0.05) is 29.3 Å². The first kappa shape index (κ1) is 11.4. The highest BCUT2D eigenvalue weighted by atomic mass is 35.5. The average molecular weight is 269 g/mol. The Labute approximate surface area is 111 Å². The Hall–Kier alpha value is -0.730. The third kappa shape index (κ3) is 2.16. The minimum absolute atomic E-state index is 0.603. The molecule has 0 aromatic heterocycles. The predicted molar refractivity (Wildman–Crippen MR) is 72.1 cm³/mol. The van der Waals surface area contributed by atoms with Crippen molar-refractivity contribution in [3.63, 3.8) is 0 Å². The van der Waals surface area contributed by atoms with Crippen LogP contribution >= 0.6 is 23.2 Å². The number of amidine groups is 1. The number of rotatable bonds is 2. The Morgan fingerprint density at radius 3 is 2.76 bits per heavy atom. The first-order valence-electron chi connectivity index (χ1n) is 5.95. The lowest BCUT2D eigenvalue weighted by Crippen LogP contribution is -2.22. The molecule has 0 spiro atoms. The Morgan fingerprint density at radius 1 is 1.29 bits per heavy atom. The van der Waals surface area contributed by atoms with Crippen LogP contribution in [0.3, 0.4) is 0 Å². The normalized spacial score (nSPS) is 22.8. The molecule has 0 radical (unpaired) electrons. The topological polar surface area (TPSA) is 15.6 Å². The second kappa shape index (κ2) is 4.51. The Balaban J connectivity index is 1.76. The van der Waals surface area contributed by atoms with Gasteiger partial charge in [-0.25, -0.2) is 0 Å². The number of hydrogen-bond donors (Lipinski definition) is 0. The maximum atomic E-state index is 6.20. The zero-order valence-electron chi connectivity index (χ0n) is 9.50. The Bertz CT molecular complexity index is 450. The van der Waals surface area contributed by atoms with Crippen molar-refractivity contribution in [3.05, 3.63) is 33.8 Å². The summed E-state index contributed by atoms with van der Waals surface area (Å²) in [5.41, 5.74) is 1.09. The maximum absolute atomic E-state index is 6.20. The van der Waals surface area contributed by atoms with E-state index in [-0.39, 0.29) is 0 Å². The van der Waals surface area contributed by atoms with Crippen molar-refractivity contribution in [3.8, 4) is 0 Å². The standard InChI is InChI=1S/C13H14Cl2N2/c14-11-2-1-3-12(15)10(11)6-9-7-13-16-4-5-17(13)8-9/h1-3,9H,4-8H2. The van der Waals surface area contributed by atoms with Crippen LogP contribution in [0.5, 0.6) is 0 Å². The van der Waals surface area contributed by atoms with Gasteiger partial charge in [0, 0.05) is 29.6 Å². The molecule has 0 amide bonds. The molecule has 0 saturated carbocycles. The van der Waals surface area contributed by atoms with Gasteiger partial charge in [-0.05, 0) is 30.0 Å². The van der Waals surface area contributed by atoms with E-state index in [0.29, 0.717) is 5.92 Å². The van der Waals surface area contributed by atoms with Gasteiger partial charge in [-0.2, -0.15) is 0 Å². The minimum atomic E-state index is 0.603. The number of benzene rings is 1. The van der Waals surface area contributed by atoms with Crippen molar-refractivity contribution in [2.24, 2.45) is 10.9 Å². The quantitative estimate of drug-likeness (QED) is 0.804. The molecule has 0 bridgehead atoms. The molecule has 90 valence electrons. The molecule has 1 atom stereocenters. The molecule has 3 rings (SSSR count). The van der Waals surface area contributed by atoms with Gasteiger partial charge in [0.1, 0.15) is 0 Å². The largest absolute Gasteiger partial charge is 0.358 e. The third-order valence-electron chi connectivity index (χ3n) is 3.53. The molecule has 4 heteroatoms. The van der Waals surface area contributed by atoms with Gasteiger partial charge < -0.3 is 4.90 Å². The second-order valence-corrected chi connectivity index (χ2v) is 5.53. The molecule has 17 heavy (non-hydrogen) atoms. The Kier molecular flexibility index (Phi) is 3.01. The lowest BCUT2D eigenvalue weighted by atomic mass is 9.98. The van der Waals surface area contributed by atoms with Crippen LogP contribution in [0.2, 0.25) is 10.0 Å². The van der Waals surface area contributed by atoms with Crippen LogP contribution in [0.25, 0.3) is 0 Å². The first-order valence-corrected chi connectivity index (χ1v) is 6.71. The van der Waals surface area contributed by atoms with E-state index in [0.717, 1.165) is 48.1 Å². The van der Waals surface area contributed by atoms with E-state index in [1.807, 2.05) is 18.2 Å². The summed E-state index contributed by atoms with van der Waals surface area (Å²) in [6, 6.07) is 5.72. The number of hydrogen-bond acceptors (Lipinski definition) is 2. The predicted octanol–water partition coefficient (Wildman–Crippen LogP) is 3.27. The van der Waals surface area contributed by atoms with Gasteiger partial charge in [-0.15, -0.1) is 0 Å². The van der Waals surface area contributed by atoms with Crippen molar-refractivity contribution >= 4 is 29.0 Å². The number of nitrogens with zero attached hydrogens (tertiary/aromatic N) is 2. The SMILES string of the molecule is Clc1cccc(Cl)c1CC1CC2=NCCN2C1. The van der Waals surface area contributed by atoms with Crippen LogP contribution in [0, 0.1) is 5.92 Å². The summed E-state index contributed by atoms with van der Waals surface area (Å²) >= 11 is 12.4. The number of halogens is 2. The summed E-state index contributed by atoms with van der Waals surface area (Å²) in [4.78, 5) is 6.90. The zero-order valence-corrected chi connectivity index (χ0v) is 11.0. The third-order valence-corrected chi connectivity index (χ3v) is 4.24. The monoisotopic (exact) mass is 268 g/mol. The van der Waals surface area contributed by atoms with E-state index < -0.39 is 0 Å².